The molecule has 0 heterocycles. The van der Waals surface area contributed by atoms with Crippen LogP contribution in [-0.2, 0) is 0 Å². The van der Waals surface area contributed by atoms with Gasteiger partial charge in [-0.3, -0.25) is 0 Å². The molecular weight excluding hydrogens is 314 g/mol. The highest BCUT2D eigenvalue weighted by atomic mass is 19.4. The van der Waals surface area contributed by atoms with E-state index in [4.69, 9.17) is 0 Å². The highest BCUT2D eigenvalue weighted by Gasteiger charge is 2.40. The lowest BCUT2D eigenvalue weighted by molar-refractivity contribution is -0.114. The Bertz CT molecular complexity index is 544. The lowest BCUT2D eigenvalue weighted by atomic mass is 10.2. The summed E-state index contributed by atoms with van der Waals surface area (Å²) in [5.74, 6) is -19.3. The van der Waals surface area contributed by atoms with Gasteiger partial charge in [0.1, 0.15) is 0 Å². The summed E-state index contributed by atoms with van der Waals surface area (Å²) in [7, 11) is 0. The topological polar surface area (TPSA) is 9.23 Å². The van der Waals surface area contributed by atoms with Gasteiger partial charge >= 0.3 is 12.2 Å². The minimum absolute atomic E-state index is 2.40. The van der Waals surface area contributed by atoms with Crippen LogP contribution in [0.4, 0.5) is 43.9 Å². The van der Waals surface area contributed by atoms with Crippen LogP contribution in [0.3, 0.4) is 0 Å². The van der Waals surface area contributed by atoms with Crippen molar-refractivity contribution in [3.05, 3.63) is 40.9 Å². The Labute approximate surface area is 103 Å². The second-order valence-electron chi connectivity index (χ2n) is 3.09. The van der Waals surface area contributed by atoms with Crippen LogP contribution in [0, 0.1) is 29.1 Å². The van der Waals surface area contributed by atoms with Crippen LogP contribution in [0.5, 0.6) is 5.75 Å². The monoisotopic (exact) mass is 314 g/mol. The molecule has 20 heavy (non-hydrogen) atoms. The average Bonchev–Trinajstić information content (AvgIpc) is 2.36. The summed E-state index contributed by atoms with van der Waals surface area (Å²) < 4.78 is 127. The summed E-state index contributed by atoms with van der Waals surface area (Å²) in [4.78, 5) is 0. The summed E-state index contributed by atoms with van der Waals surface area (Å²) in [5.41, 5.74) is 0. The molecule has 0 radical (unpaired) electrons. The predicted octanol–water partition coefficient (Wildman–Crippen LogP) is 4.43. The maximum Gasteiger partial charge on any atom is 0.449 e. The van der Waals surface area contributed by atoms with Gasteiger partial charge in [0.25, 0.3) is 5.83 Å². The number of allylic oxidation sites excluding steroid dienone is 1. The van der Waals surface area contributed by atoms with Gasteiger partial charge in [0.15, 0.2) is 0 Å². The quantitative estimate of drug-likeness (QED) is 0.340. The van der Waals surface area contributed by atoms with E-state index in [1.807, 2.05) is 0 Å². The molecule has 0 saturated heterocycles. The third-order valence-corrected chi connectivity index (χ3v) is 1.78. The van der Waals surface area contributed by atoms with E-state index in [0.717, 1.165) is 0 Å². The maximum atomic E-state index is 12.9. The number of hydrogen-bond donors (Lipinski definition) is 0. The number of rotatable bonds is 2. The molecule has 0 amide bonds. The van der Waals surface area contributed by atoms with Crippen molar-refractivity contribution in [1.82, 2.24) is 0 Å². The minimum atomic E-state index is -5.91. The van der Waals surface area contributed by atoms with Crippen molar-refractivity contribution < 1.29 is 48.6 Å². The van der Waals surface area contributed by atoms with Gasteiger partial charge in [-0.2, -0.15) is 30.7 Å². The molecule has 1 rings (SSSR count). The highest BCUT2D eigenvalue weighted by Crippen LogP contribution is 2.34. The van der Waals surface area contributed by atoms with E-state index < -0.39 is 52.9 Å². The van der Waals surface area contributed by atoms with Crippen molar-refractivity contribution in [3.8, 4) is 5.75 Å². The largest absolute Gasteiger partial charge is 0.449 e. The van der Waals surface area contributed by atoms with Crippen LogP contribution < -0.4 is 4.74 Å². The summed E-state index contributed by atoms with van der Waals surface area (Å²) >= 11 is 0. The Kier molecular flexibility index (Phi) is 4.20. The Morgan fingerprint density at radius 1 is 0.700 bits per heavy atom. The number of ether oxygens (including phenoxy) is 1. The van der Waals surface area contributed by atoms with Gasteiger partial charge in [-0.05, 0) is 0 Å². The predicted molar refractivity (Wildman–Crippen MR) is 42.2 cm³/mol. The zero-order chi connectivity index (χ0) is 15.8. The molecule has 0 N–H and O–H groups in total. The van der Waals surface area contributed by atoms with Crippen LogP contribution in [0.15, 0.2) is 11.8 Å². The third kappa shape index (κ3) is 2.80. The molecule has 1 aromatic rings. The number of alkyl halides is 3. The standard InChI is InChI=1S/C9F10O/c10-1-2(11)4(13)6(5(14)3(1)12)20-8(16)7(15)9(17,18)19. The molecule has 112 valence electrons. The van der Waals surface area contributed by atoms with E-state index in [2.05, 4.69) is 4.74 Å². The zero-order valence-electron chi connectivity index (χ0n) is 8.69. The molecule has 0 spiro atoms. The van der Waals surface area contributed by atoms with Gasteiger partial charge in [-0.25, -0.2) is 13.2 Å². The van der Waals surface area contributed by atoms with Crippen LogP contribution >= 0.6 is 0 Å². The molecule has 0 aliphatic rings. The van der Waals surface area contributed by atoms with Crippen molar-refractivity contribution >= 4 is 0 Å². The molecular formula is C9F10O. The highest BCUT2D eigenvalue weighted by molar-refractivity contribution is 5.31. The fraction of sp³-hybridized carbons (Fsp3) is 0.111. The van der Waals surface area contributed by atoms with E-state index in [1.54, 1.807) is 0 Å². The second kappa shape index (κ2) is 5.21. The normalized spacial score (nSPS) is 13.3. The number of halogens is 10. The van der Waals surface area contributed by atoms with E-state index in [0.29, 0.717) is 0 Å². The second-order valence-corrected chi connectivity index (χ2v) is 3.09. The van der Waals surface area contributed by atoms with E-state index in [1.165, 1.54) is 0 Å². The van der Waals surface area contributed by atoms with Crippen molar-refractivity contribution in [2.24, 2.45) is 0 Å². The Balaban J connectivity index is 3.38. The fourth-order valence-electron chi connectivity index (χ4n) is 0.920. The van der Waals surface area contributed by atoms with E-state index >= 15 is 0 Å². The minimum Gasteiger partial charge on any atom is -0.423 e. The molecule has 1 nitrogen and oxygen atoms in total. The molecule has 0 bridgehead atoms. The van der Waals surface area contributed by atoms with Gasteiger partial charge in [-0.1, -0.05) is 0 Å². The van der Waals surface area contributed by atoms with Gasteiger partial charge in [0.05, 0.1) is 0 Å². The lowest BCUT2D eigenvalue weighted by Crippen LogP contribution is -2.13. The summed E-state index contributed by atoms with van der Waals surface area (Å²) in [6.07, 6.45) is -5.91. The molecule has 0 saturated carbocycles. The van der Waals surface area contributed by atoms with E-state index in [9.17, 15) is 43.9 Å². The average molecular weight is 314 g/mol. The third-order valence-electron chi connectivity index (χ3n) is 1.78. The first kappa shape index (κ1) is 16.1. The molecule has 0 aliphatic carbocycles. The zero-order valence-corrected chi connectivity index (χ0v) is 8.69. The first-order chi connectivity index (χ1) is 8.98. The van der Waals surface area contributed by atoms with Crippen molar-refractivity contribution in [2.45, 2.75) is 6.18 Å². The molecule has 0 unspecified atom stereocenters. The van der Waals surface area contributed by atoms with E-state index in [-0.39, 0.29) is 0 Å². The van der Waals surface area contributed by atoms with Gasteiger partial charge < -0.3 is 4.74 Å². The first-order valence-corrected chi connectivity index (χ1v) is 4.30. The number of benzene rings is 1. The molecule has 0 atom stereocenters. The van der Waals surface area contributed by atoms with Crippen molar-refractivity contribution in [1.29, 1.82) is 0 Å². The van der Waals surface area contributed by atoms with Gasteiger partial charge in [0.2, 0.25) is 34.8 Å². The summed E-state index contributed by atoms with van der Waals surface area (Å²) in [5, 5.41) is 0. The molecule has 0 fully saturated rings. The van der Waals surface area contributed by atoms with Crippen LogP contribution in [0.1, 0.15) is 0 Å². The Hall–Kier alpha value is -1.94. The number of hydrogen-bond acceptors (Lipinski definition) is 1. The van der Waals surface area contributed by atoms with Crippen LogP contribution in [0.2, 0.25) is 0 Å². The Morgan fingerprint density at radius 3 is 1.40 bits per heavy atom. The maximum absolute atomic E-state index is 12.9. The SMILES string of the molecule is FC(Oc1c(F)c(F)c(F)c(F)c1F)=C(F)C(F)(F)F. The molecule has 0 aromatic heterocycles. The Morgan fingerprint density at radius 2 is 1.05 bits per heavy atom. The smallest absolute Gasteiger partial charge is 0.423 e. The molecule has 11 heteroatoms. The molecule has 0 aliphatic heterocycles. The summed E-state index contributed by atoms with van der Waals surface area (Å²) in [6, 6.07) is -3.21. The lowest BCUT2D eigenvalue weighted by Gasteiger charge is -2.09. The van der Waals surface area contributed by atoms with Crippen LogP contribution in [-0.4, -0.2) is 6.18 Å². The van der Waals surface area contributed by atoms with Gasteiger partial charge in [-0.15, -0.1) is 0 Å². The van der Waals surface area contributed by atoms with Crippen molar-refractivity contribution in [3.63, 3.8) is 0 Å². The fourth-order valence-corrected chi connectivity index (χ4v) is 0.920. The molecule has 1 aromatic carbocycles. The van der Waals surface area contributed by atoms with Crippen LogP contribution in [0.25, 0.3) is 0 Å². The van der Waals surface area contributed by atoms with Gasteiger partial charge in [0, 0.05) is 0 Å². The summed E-state index contributed by atoms with van der Waals surface area (Å²) in [6.45, 7) is 0. The first-order valence-electron chi connectivity index (χ1n) is 4.30. The van der Waals surface area contributed by atoms with Crippen molar-refractivity contribution in [2.75, 3.05) is 0 Å².